The monoisotopic (exact) mass is 305 g/mol. The van der Waals surface area contributed by atoms with Gasteiger partial charge in [0.1, 0.15) is 5.82 Å². The second-order valence-corrected chi connectivity index (χ2v) is 5.63. The minimum Gasteiger partial charge on any atom is -0.478 e. The number of nitrogens with zero attached hydrogens (tertiary/aromatic N) is 1. The maximum absolute atomic E-state index is 14.0. The van der Waals surface area contributed by atoms with Crippen LogP contribution in [0.1, 0.15) is 23.4 Å². The number of aliphatic carboxylic acids is 1. The smallest absolute Gasteiger partial charge is 0.328 e. The normalized spacial score (nSPS) is 12.5. The largest absolute Gasteiger partial charge is 0.478 e. The third-order valence-electron chi connectivity index (χ3n) is 3.34. The van der Waals surface area contributed by atoms with Gasteiger partial charge < -0.3 is 10.0 Å². The Morgan fingerprint density at radius 2 is 2.14 bits per heavy atom. The van der Waals surface area contributed by atoms with Crippen LogP contribution in [-0.2, 0) is 4.79 Å². The maximum atomic E-state index is 14.0. The highest BCUT2D eigenvalue weighted by Gasteiger charge is 2.17. The lowest BCUT2D eigenvalue weighted by Crippen LogP contribution is -2.22. The van der Waals surface area contributed by atoms with Gasteiger partial charge in [-0.05, 0) is 36.6 Å². The number of hydrogen-bond acceptors (Lipinski definition) is 3. The molecule has 0 aliphatic carbocycles. The highest BCUT2D eigenvalue weighted by atomic mass is 32.1. The molecule has 1 unspecified atom stereocenters. The lowest BCUT2D eigenvalue weighted by molar-refractivity contribution is -0.131. The Morgan fingerprint density at radius 3 is 2.76 bits per heavy atom. The van der Waals surface area contributed by atoms with Crippen LogP contribution in [0.5, 0.6) is 0 Å². The van der Waals surface area contributed by atoms with E-state index in [0.717, 1.165) is 11.0 Å². The zero-order valence-corrected chi connectivity index (χ0v) is 12.6. The zero-order chi connectivity index (χ0) is 15.4. The molecule has 0 bridgehead atoms. The van der Waals surface area contributed by atoms with E-state index in [4.69, 9.17) is 5.11 Å². The van der Waals surface area contributed by atoms with Crippen molar-refractivity contribution in [2.24, 2.45) is 0 Å². The first kappa shape index (κ1) is 15.3. The fraction of sp³-hybridized carbons (Fsp3) is 0.188. The lowest BCUT2D eigenvalue weighted by Gasteiger charge is -2.28. The number of carbonyl (C=O) groups is 1. The summed E-state index contributed by atoms with van der Waals surface area (Å²) >= 11 is 1.63. The number of anilines is 1. The SMILES string of the molecule is CC(c1cccs1)N(C)c1cccc(F)c1/C=C/C(=O)O. The van der Waals surface area contributed by atoms with Gasteiger partial charge in [-0.2, -0.15) is 0 Å². The minimum atomic E-state index is -1.10. The molecule has 0 aliphatic rings. The Hall–Kier alpha value is -2.14. The topological polar surface area (TPSA) is 40.5 Å². The van der Waals surface area contributed by atoms with Gasteiger partial charge in [0, 0.05) is 29.3 Å². The molecule has 2 aromatic rings. The standard InChI is InChI=1S/C16H16FNO2S/c1-11(15-7-4-10-21-15)18(2)14-6-3-5-13(17)12(14)8-9-16(19)20/h3-11H,1-2H3,(H,19,20)/b9-8+. The molecule has 5 heteroatoms. The number of carboxylic acid groups (broad SMARTS) is 1. The number of thiophene rings is 1. The van der Waals surface area contributed by atoms with Gasteiger partial charge in [-0.1, -0.05) is 12.1 Å². The van der Waals surface area contributed by atoms with E-state index in [1.165, 1.54) is 12.1 Å². The molecule has 0 amide bonds. The summed E-state index contributed by atoms with van der Waals surface area (Å²) in [5.74, 6) is -1.53. The summed E-state index contributed by atoms with van der Waals surface area (Å²) in [7, 11) is 1.87. The van der Waals surface area contributed by atoms with Gasteiger partial charge in [0.2, 0.25) is 0 Å². The molecule has 0 aliphatic heterocycles. The average Bonchev–Trinajstić information content (AvgIpc) is 2.98. The molecule has 1 N–H and O–H groups in total. The second kappa shape index (κ2) is 6.54. The van der Waals surface area contributed by atoms with Crippen LogP contribution in [0.3, 0.4) is 0 Å². The molecule has 21 heavy (non-hydrogen) atoms. The fourth-order valence-electron chi connectivity index (χ4n) is 2.08. The predicted octanol–water partition coefficient (Wildman–Crippen LogP) is 4.18. The van der Waals surface area contributed by atoms with Crippen molar-refractivity contribution in [1.82, 2.24) is 0 Å². The van der Waals surface area contributed by atoms with E-state index in [-0.39, 0.29) is 11.6 Å². The molecule has 0 spiro atoms. The Kier molecular flexibility index (Phi) is 4.75. The van der Waals surface area contributed by atoms with Crippen molar-refractivity contribution in [2.45, 2.75) is 13.0 Å². The van der Waals surface area contributed by atoms with Gasteiger partial charge >= 0.3 is 5.97 Å². The molecular weight excluding hydrogens is 289 g/mol. The molecule has 0 saturated heterocycles. The second-order valence-electron chi connectivity index (χ2n) is 4.65. The van der Waals surface area contributed by atoms with Crippen LogP contribution in [0.25, 0.3) is 6.08 Å². The summed E-state index contributed by atoms with van der Waals surface area (Å²) in [6.07, 6.45) is 2.25. The molecular formula is C16H16FNO2S. The first-order valence-electron chi connectivity index (χ1n) is 6.46. The van der Waals surface area contributed by atoms with Crippen molar-refractivity contribution in [3.8, 4) is 0 Å². The van der Waals surface area contributed by atoms with E-state index < -0.39 is 11.8 Å². The highest BCUT2D eigenvalue weighted by Crippen LogP contribution is 2.32. The number of benzene rings is 1. The van der Waals surface area contributed by atoms with Crippen LogP contribution in [0.4, 0.5) is 10.1 Å². The Morgan fingerprint density at radius 1 is 1.38 bits per heavy atom. The lowest BCUT2D eigenvalue weighted by atomic mass is 10.1. The summed E-state index contributed by atoms with van der Waals surface area (Å²) in [6, 6.07) is 8.81. The van der Waals surface area contributed by atoms with E-state index >= 15 is 0 Å². The molecule has 2 rings (SSSR count). The van der Waals surface area contributed by atoms with Crippen LogP contribution in [0.15, 0.2) is 41.8 Å². The van der Waals surface area contributed by atoms with Crippen molar-refractivity contribution in [3.63, 3.8) is 0 Å². The molecule has 1 aromatic carbocycles. The van der Waals surface area contributed by atoms with Gasteiger partial charge in [0.15, 0.2) is 0 Å². The Bertz CT molecular complexity index is 652. The molecule has 1 aromatic heterocycles. The first-order chi connectivity index (χ1) is 10.0. The molecule has 1 atom stereocenters. The third-order valence-corrected chi connectivity index (χ3v) is 4.38. The van der Waals surface area contributed by atoms with E-state index in [1.807, 2.05) is 36.4 Å². The molecule has 3 nitrogen and oxygen atoms in total. The van der Waals surface area contributed by atoms with Crippen molar-refractivity contribution in [3.05, 3.63) is 58.0 Å². The number of halogens is 1. The Labute approximate surface area is 127 Å². The highest BCUT2D eigenvalue weighted by molar-refractivity contribution is 7.10. The number of carboxylic acids is 1. The van der Waals surface area contributed by atoms with Gasteiger partial charge in [0.25, 0.3) is 0 Å². The van der Waals surface area contributed by atoms with Crippen LogP contribution in [-0.4, -0.2) is 18.1 Å². The van der Waals surface area contributed by atoms with Crippen LogP contribution < -0.4 is 4.90 Å². The van der Waals surface area contributed by atoms with Gasteiger partial charge in [-0.25, -0.2) is 9.18 Å². The maximum Gasteiger partial charge on any atom is 0.328 e. The minimum absolute atomic E-state index is 0.0729. The van der Waals surface area contributed by atoms with Crippen LogP contribution in [0.2, 0.25) is 0 Å². The zero-order valence-electron chi connectivity index (χ0n) is 11.8. The molecule has 0 radical (unpaired) electrons. The van der Waals surface area contributed by atoms with Crippen molar-refractivity contribution in [1.29, 1.82) is 0 Å². The van der Waals surface area contributed by atoms with Crippen molar-refractivity contribution >= 4 is 29.1 Å². The molecule has 0 fully saturated rings. The van der Waals surface area contributed by atoms with Crippen LogP contribution in [0, 0.1) is 5.82 Å². The summed E-state index contributed by atoms with van der Waals surface area (Å²) in [4.78, 5) is 13.8. The Balaban J connectivity index is 2.39. The summed E-state index contributed by atoms with van der Waals surface area (Å²) in [5.41, 5.74) is 0.944. The fourth-order valence-corrected chi connectivity index (χ4v) is 2.91. The van der Waals surface area contributed by atoms with Gasteiger partial charge in [-0.15, -0.1) is 11.3 Å². The third kappa shape index (κ3) is 3.49. The van der Waals surface area contributed by atoms with E-state index in [9.17, 15) is 9.18 Å². The summed E-state index contributed by atoms with van der Waals surface area (Å²) in [6.45, 7) is 2.03. The quantitative estimate of drug-likeness (QED) is 0.842. The van der Waals surface area contributed by atoms with E-state index in [2.05, 4.69) is 0 Å². The van der Waals surface area contributed by atoms with Crippen LogP contribution >= 0.6 is 11.3 Å². The van der Waals surface area contributed by atoms with Crippen molar-refractivity contribution in [2.75, 3.05) is 11.9 Å². The number of hydrogen-bond donors (Lipinski definition) is 1. The van der Waals surface area contributed by atoms with Gasteiger partial charge in [-0.3, -0.25) is 0 Å². The van der Waals surface area contributed by atoms with E-state index in [0.29, 0.717) is 5.69 Å². The number of rotatable bonds is 5. The molecule has 0 saturated carbocycles. The first-order valence-corrected chi connectivity index (χ1v) is 7.34. The van der Waals surface area contributed by atoms with E-state index in [1.54, 1.807) is 23.5 Å². The molecule has 110 valence electrons. The average molecular weight is 305 g/mol. The molecule has 1 heterocycles. The summed E-state index contributed by atoms with van der Waals surface area (Å²) < 4.78 is 14.0. The van der Waals surface area contributed by atoms with Crippen molar-refractivity contribution < 1.29 is 14.3 Å². The van der Waals surface area contributed by atoms with Gasteiger partial charge in [0.05, 0.1) is 6.04 Å². The predicted molar refractivity (Wildman–Crippen MR) is 84.2 cm³/mol. The summed E-state index contributed by atoms with van der Waals surface area (Å²) in [5, 5.41) is 10.7.